The topological polar surface area (TPSA) is 38.7 Å². The van der Waals surface area contributed by atoms with Gasteiger partial charge in [-0.05, 0) is 85.0 Å². The van der Waals surface area contributed by atoms with Crippen molar-refractivity contribution >= 4 is 0 Å². The largest absolute Gasteiger partial charge is 0.389 e. The second kappa shape index (κ2) is 7.78. The van der Waals surface area contributed by atoms with Gasteiger partial charge in [0.1, 0.15) is 0 Å². The predicted molar refractivity (Wildman–Crippen MR) is 124 cm³/mol. The fraction of sp³-hybridized carbons (Fsp3) is 1.00. The summed E-state index contributed by atoms with van der Waals surface area (Å²) in [6.45, 7) is 30.4. The molecule has 2 aliphatic heterocycles. The average molecular weight is 413 g/mol. The van der Waals surface area contributed by atoms with Crippen molar-refractivity contribution in [2.45, 2.75) is 151 Å². The van der Waals surface area contributed by atoms with Gasteiger partial charge in [0.2, 0.25) is 0 Å². The van der Waals surface area contributed by atoms with Crippen LogP contribution in [0.1, 0.15) is 123 Å². The quantitative estimate of drug-likeness (QED) is 0.459. The van der Waals surface area contributed by atoms with E-state index in [1.807, 2.05) is 0 Å². The lowest BCUT2D eigenvalue weighted by Gasteiger charge is -2.54. The number of rotatable bonds is 0. The van der Waals surface area contributed by atoms with Gasteiger partial charge in [0.25, 0.3) is 0 Å². The number of aliphatic hydroxyl groups is 1. The number of ether oxygens (including phenoxy) is 2. The van der Waals surface area contributed by atoms with E-state index in [0.717, 1.165) is 5.92 Å². The first kappa shape index (κ1) is 26.9. The van der Waals surface area contributed by atoms with Crippen molar-refractivity contribution in [2.75, 3.05) is 0 Å². The first-order valence-corrected chi connectivity index (χ1v) is 11.5. The SMILES string of the molecule is CC1(C)CC(C(C)(C)C)CC(C)(C)O1.CC1(C)CC(O)(C(C)(C)C)CC(C)(C)O1. The lowest BCUT2D eigenvalue weighted by molar-refractivity contribution is -0.245. The molecule has 0 aromatic heterocycles. The molecule has 0 radical (unpaired) electrons. The van der Waals surface area contributed by atoms with Crippen LogP contribution < -0.4 is 0 Å². The van der Waals surface area contributed by atoms with E-state index in [0.29, 0.717) is 18.3 Å². The highest BCUT2D eigenvalue weighted by molar-refractivity contribution is 5.03. The van der Waals surface area contributed by atoms with Gasteiger partial charge in [-0.25, -0.2) is 0 Å². The molecule has 3 heteroatoms. The van der Waals surface area contributed by atoms with Crippen LogP contribution in [0, 0.1) is 16.7 Å². The molecule has 2 saturated heterocycles. The van der Waals surface area contributed by atoms with Crippen molar-refractivity contribution in [1.29, 1.82) is 0 Å². The van der Waals surface area contributed by atoms with Gasteiger partial charge in [0.05, 0.1) is 28.0 Å². The molecule has 2 rings (SSSR count). The minimum absolute atomic E-state index is 0.0414. The Hall–Kier alpha value is -0.120. The molecule has 2 fully saturated rings. The second-order valence-electron chi connectivity index (χ2n) is 14.3. The van der Waals surface area contributed by atoms with E-state index in [9.17, 15) is 5.11 Å². The van der Waals surface area contributed by atoms with E-state index in [4.69, 9.17) is 9.47 Å². The van der Waals surface area contributed by atoms with Crippen molar-refractivity contribution in [2.24, 2.45) is 16.7 Å². The molecule has 2 heterocycles. The van der Waals surface area contributed by atoms with Gasteiger partial charge >= 0.3 is 0 Å². The summed E-state index contributed by atoms with van der Waals surface area (Å²) < 4.78 is 12.1. The predicted octanol–water partition coefficient (Wildman–Crippen LogP) is 7.15. The van der Waals surface area contributed by atoms with Crippen LogP contribution in [0.3, 0.4) is 0 Å². The summed E-state index contributed by atoms with van der Waals surface area (Å²) in [6, 6.07) is 0. The maximum absolute atomic E-state index is 10.8. The van der Waals surface area contributed by atoms with Crippen LogP contribution in [0.4, 0.5) is 0 Å². The van der Waals surface area contributed by atoms with Crippen LogP contribution in [-0.4, -0.2) is 33.1 Å². The van der Waals surface area contributed by atoms with Gasteiger partial charge in [0, 0.05) is 12.8 Å². The van der Waals surface area contributed by atoms with Crippen LogP contribution in [0.5, 0.6) is 0 Å². The zero-order valence-corrected chi connectivity index (χ0v) is 22.2. The summed E-state index contributed by atoms with van der Waals surface area (Å²) in [4.78, 5) is 0. The lowest BCUT2D eigenvalue weighted by Crippen LogP contribution is -2.59. The minimum atomic E-state index is -0.641. The van der Waals surface area contributed by atoms with E-state index in [1.165, 1.54) is 12.8 Å². The highest BCUT2D eigenvalue weighted by Gasteiger charge is 2.52. The molecule has 0 saturated carbocycles. The maximum Gasteiger partial charge on any atom is 0.0750 e. The first-order valence-electron chi connectivity index (χ1n) is 11.5. The van der Waals surface area contributed by atoms with Crippen LogP contribution in [-0.2, 0) is 9.47 Å². The van der Waals surface area contributed by atoms with Crippen LogP contribution in [0.15, 0.2) is 0 Å². The van der Waals surface area contributed by atoms with E-state index in [-0.39, 0.29) is 27.8 Å². The molecule has 0 spiro atoms. The molecule has 0 bridgehead atoms. The standard InChI is InChI=1S/C13H26O2.C13H26O/c1-10(2,3)13(14)8-11(4,5)15-12(6,7)9-13;1-11(2,3)10-8-12(4,5)14-13(6,7)9-10/h14H,8-9H2,1-7H3;10H,8-9H2,1-7H3. The Morgan fingerprint density at radius 1 is 0.621 bits per heavy atom. The fourth-order valence-electron chi connectivity index (χ4n) is 5.52. The Morgan fingerprint density at radius 3 is 1.21 bits per heavy atom. The van der Waals surface area contributed by atoms with Crippen molar-refractivity contribution in [3.8, 4) is 0 Å². The molecule has 0 unspecified atom stereocenters. The van der Waals surface area contributed by atoms with Crippen molar-refractivity contribution in [1.82, 2.24) is 0 Å². The molecular formula is C26H52O3. The molecule has 29 heavy (non-hydrogen) atoms. The third-order valence-corrected chi connectivity index (χ3v) is 6.64. The molecule has 0 aromatic carbocycles. The summed E-state index contributed by atoms with van der Waals surface area (Å²) in [7, 11) is 0. The zero-order chi connectivity index (χ0) is 23.3. The Bertz CT molecular complexity index is 523. The summed E-state index contributed by atoms with van der Waals surface area (Å²) >= 11 is 0. The van der Waals surface area contributed by atoms with Gasteiger partial charge in [-0.1, -0.05) is 41.5 Å². The fourth-order valence-corrected chi connectivity index (χ4v) is 5.52. The van der Waals surface area contributed by atoms with E-state index in [1.54, 1.807) is 0 Å². The summed E-state index contributed by atoms with van der Waals surface area (Å²) in [5.74, 6) is 0.765. The Morgan fingerprint density at radius 2 is 0.931 bits per heavy atom. The monoisotopic (exact) mass is 412 g/mol. The average Bonchev–Trinajstić information content (AvgIpc) is 2.27. The molecule has 0 atom stereocenters. The third kappa shape index (κ3) is 7.82. The molecule has 174 valence electrons. The molecule has 0 amide bonds. The number of hydrogen-bond acceptors (Lipinski definition) is 3. The molecule has 1 N–H and O–H groups in total. The molecular weight excluding hydrogens is 360 g/mol. The van der Waals surface area contributed by atoms with Crippen LogP contribution >= 0.6 is 0 Å². The summed E-state index contributed by atoms with van der Waals surface area (Å²) in [6.07, 6.45) is 3.76. The van der Waals surface area contributed by atoms with Crippen molar-refractivity contribution < 1.29 is 14.6 Å². The van der Waals surface area contributed by atoms with E-state index in [2.05, 4.69) is 96.9 Å². The minimum Gasteiger partial charge on any atom is -0.389 e. The Labute approximate surface area is 182 Å². The van der Waals surface area contributed by atoms with E-state index < -0.39 is 5.60 Å². The van der Waals surface area contributed by atoms with Gasteiger partial charge in [0.15, 0.2) is 0 Å². The second-order valence-corrected chi connectivity index (χ2v) is 14.3. The van der Waals surface area contributed by atoms with Crippen molar-refractivity contribution in [3.05, 3.63) is 0 Å². The Kier molecular flexibility index (Phi) is 7.22. The van der Waals surface area contributed by atoms with Gasteiger partial charge in [-0.15, -0.1) is 0 Å². The van der Waals surface area contributed by atoms with Gasteiger partial charge in [-0.2, -0.15) is 0 Å². The van der Waals surface area contributed by atoms with Crippen LogP contribution in [0.25, 0.3) is 0 Å². The highest BCUT2D eigenvalue weighted by Crippen LogP contribution is 2.49. The number of hydrogen-bond donors (Lipinski definition) is 1. The zero-order valence-electron chi connectivity index (χ0n) is 22.2. The van der Waals surface area contributed by atoms with Crippen LogP contribution in [0.2, 0.25) is 0 Å². The third-order valence-electron chi connectivity index (χ3n) is 6.64. The Balaban J connectivity index is 0.000000291. The smallest absolute Gasteiger partial charge is 0.0750 e. The summed E-state index contributed by atoms with van der Waals surface area (Å²) in [5.41, 5.74) is -0.755. The molecule has 0 aromatic rings. The van der Waals surface area contributed by atoms with Gasteiger partial charge < -0.3 is 14.6 Å². The lowest BCUT2D eigenvalue weighted by atomic mass is 9.65. The molecule has 0 aliphatic carbocycles. The first-order chi connectivity index (χ1) is 12.4. The normalized spacial score (nSPS) is 28.2. The molecule has 2 aliphatic rings. The van der Waals surface area contributed by atoms with Crippen molar-refractivity contribution in [3.63, 3.8) is 0 Å². The molecule has 3 nitrogen and oxygen atoms in total. The van der Waals surface area contributed by atoms with E-state index >= 15 is 0 Å². The maximum atomic E-state index is 10.8. The summed E-state index contributed by atoms with van der Waals surface area (Å²) in [5, 5.41) is 10.8. The van der Waals surface area contributed by atoms with Gasteiger partial charge in [-0.3, -0.25) is 0 Å². The highest BCUT2D eigenvalue weighted by atomic mass is 16.5.